The maximum absolute atomic E-state index is 10.8. The lowest BCUT2D eigenvalue weighted by molar-refractivity contribution is 0.112. The van der Waals surface area contributed by atoms with Gasteiger partial charge in [0.25, 0.3) is 0 Å². The molecule has 4 nitrogen and oxygen atoms in total. The van der Waals surface area contributed by atoms with Crippen molar-refractivity contribution >= 4 is 6.29 Å². The van der Waals surface area contributed by atoms with E-state index in [4.69, 9.17) is 14.7 Å². The Labute approximate surface area is 123 Å². The first-order valence-electron chi connectivity index (χ1n) is 6.60. The SMILES string of the molecule is CCOc1cc(C=O)ccc1OCc1cccc(C#N)c1. The van der Waals surface area contributed by atoms with Crippen LogP contribution in [0.4, 0.5) is 0 Å². The molecule has 2 aromatic carbocycles. The van der Waals surface area contributed by atoms with Gasteiger partial charge in [-0.05, 0) is 42.8 Å². The molecule has 2 rings (SSSR count). The highest BCUT2D eigenvalue weighted by molar-refractivity contribution is 5.76. The van der Waals surface area contributed by atoms with E-state index < -0.39 is 0 Å². The van der Waals surface area contributed by atoms with Gasteiger partial charge in [-0.15, -0.1) is 0 Å². The topological polar surface area (TPSA) is 59.3 Å². The van der Waals surface area contributed by atoms with Gasteiger partial charge >= 0.3 is 0 Å². The molecule has 0 saturated heterocycles. The zero-order chi connectivity index (χ0) is 15.1. The van der Waals surface area contributed by atoms with Crippen molar-refractivity contribution in [1.29, 1.82) is 5.26 Å². The molecule has 0 atom stereocenters. The first kappa shape index (κ1) is 14.6. The van der Waals surface area contributed by atoms with E-state index >= 15 is 0 Å². The van der Waals surface area contributed by atoms with Crippen LogP contribution in [0.2, 0.25) is 0 Å². The average Bonchev–Trinajstić information content (AvgIpc) is 2.54. The van der Waals surface area contributed by atoms with E-state index in [2.05, 4.69) is 6.07 Å². The standard InChI is InChI=1S/C17H15NO3/c1-2-20-17-9-14(11-19)6-7-16(17)21-12-15-5-3-4-13(8-15)10-18/h3-9,11H,2,12H2,1H3. The van der Waals surface area contributed by atoms with Gasteiger partial charge in [-0.2, -0.15) is 5.26 Å². The second-order valence-electron chi connectivity index (χ2n) is 4.36. The van der Waals surface area contributed by atoms with E-state index in [0.717, 1.165) is 11.8 Å². The number of carbonyl (C=O) groups is 1. The minimum absolute atomic E-state index is 0.329. The fourth-order valence-electron chi connectivity index (χ4n) is 1.88. The molecule has 0 aromatic heterocycles. The summed E-state index contributed by atoms with van der Waals surface area (Å²) in [4.78, 5) is 10.8. The van der Waals surface area contributed by atoms with Crippen molar-refractivity contribution in [3.8, 4) is 17.6 Å². The summed E-state index contributed by atoms with van der Waals surface area (Å²) in [5.74, 6) is 1.11. The molecule has 0 amide bonds. The van der Waals surface area contributed by atoms with Crippen LogP contribution >= 0.6 is 0 Å². The fourth-order valence-corrected chi connectivity index (χ4v) is 1.88. The molecule has 2 aromatic rings. The first-order valence-corrected chi connectivity index (χ1v) is 6.60. The van der Waals surface area contributed by atoms with Crippen molar-refractivity contribution in [3.63, 3.8) is 0 Å². The molecule has 4 heteroatoms. The summed E-state index contributed by atoms with van der Waals surface area (Å²) in [6, 6.07) is 14.4. The minimum atomic E-state index is 0.329. The molecule has 0 spiro atoms. The second kappa shape index (κ2) is 7.11. The lowest BCUT2D eigenvalue weighted by Crippen LogP contribution is -2.00. The zero-order valence-corrected chi connectivity index (χ0v) is 11.7. The molecule has 0 N–H and O–H groups in total. The maximum atomic E-state index is 10.8. The van der Waals surface area contributed by atoms with Crippen LogP contribution in [0.3, 0.4) is 0 Å². The summed E-state index contributed by atoms with van der Waals surface area (Å²) < 4.78 is 11.2. The highest BCUT2D eigenvalue weighted by atomic mass is 16.5. The smallest absolute Gasteiger partial charge is 0.161 e. The highest BCUT2D eigenvalue weighted by Gasteiger charge is 2.07. The van der Waals surface area contributed by atoms with Crippen LogP contribution in [-0.2, 0) is 6.61 Å². The van der Waals surface area contributed by atoms with Crippen molar-refractivity contribution < 1.29 is 14.3 Å². The van der Waals surface area contributed by atoms with Crippen molar-refractivity contribution in [1.82, 2.24) is 0 Å². The Morgan fingerprint density at radius 1 is 1.14 bits per heavy atom. The van der Waals surface area contributed by atoms with Crippen molar-refractivity contribution in [2.24, 2.45) is 0 Å². The monoisotopic (exact) mass is 281 g/mol. The fraction of sp³-hybridized carbons (Fsp3) is 0.176. The van der Waals surface area contributed by atoms with Gasteiger partial charge in [-0.25, -0.2) is 0 Å². The molecule has 106 valence electrons. The minimum Gasteiger partial charge on any atom is -0.490 e. The lowest BCUT2D eigenvalue weighted by Gasteiger charge is -2.12. The predicted molar refractivity (Wildman–Crippen MR) is 78.5 cm³/mol. The van der Waals surface area contributed by atoms with Crippen molar-refractivity contribution in [2.45, 2.75) is 13.5 Å². The third-order valence-electron chi connectivity index (χ3n) is 2.85. The summed E-state index contributed by atoms with van der Waals surface area (Å²) in [7, 11) is 0. The number of rotatable bonds is 6. The number of aldehydes is 1. The number of nitrogens with zero attached hydrogens (tertiary/aromatic N) is 1. The van der Waals surface area contributed by atoms with Crippen LogP contribution in [0.25, 0.3) is 0 Å². The summed E-state index contributed by atoms with van der Waals surface area (Å²) in [6.45, 7) is 2.69. The molecule has 0 radical (unpaired) electrons. The van der Waals surface area contributed by atoms with Crippen LogP contribution in [0.15, 0.2) is 42.5 Å². The van der Waals surface area contributed by atoms with E-state index in [1.165, 1.54) is 0 Å². The molecule has 0 saturated carbocycles. The normalized spacial score (nSPS) is 9.71. The van der Waals surface area contributed by atoms with Crippen LogP contribution in [0.5, 0.6) is 11.5 Å². The summed E-state index contributed by atoms with van der Waals surface area (Å²) in [5, 5.41) is 8.88. The second-order valence-corrected chi connectivity index (χ2v) is 4.36. The van der Waals surface area contributed by atoms with Crippen LogP contribution < -0.4 is 9.47 Å². The van der Waals surface area contributed by atoms with E-state index in [-0.39, 0.29) is 0 Å². The third-order valence-corrected chi connectivity index (χ3v) is 2.85. The Morgan fingerprint density at radius 3 is 2.71 bits per heavy atom. The molecule has 0 bridgehead atoms. The number of hydrogen-bond donors (Lipinski definition) is 0. The van der Waals surface area contributed by atoms with E-state index in [1.807, 2.05) is 19.1 Å². The first-order chi connectivity index (χ1) is 10.3. The van der Waals surface area contributed by atoms with Crippen molar-refractivity contribution in [3.05, 3.63) is 59.2 Å². The molecule has 0 unspecified atom stereocenters. The molecular weight excluding hydrogens is 266 g/mol. The third kappa shape index (κ3) is 3.83. The van der Waals surface area contributed by atoms with Gasteiger partial charge in [0.2, 0.25) is 0 Å². The lowest BCUT2D eigenvalue weighted by atomic mass is 10.1. The number of carbonyl (C=O) groups excluding carboxylic acids is 1. The van der Waals surface area contributed by atoms with E-state index in [0.29, 0.717) is 35.8 Å². The van der Waals surface area contributed by atoms with Crippen molar-refractivity contribution in [2.75, 3.05) is 6.61 Å². The van der Waals surface area contributed by atoms with E-state index in [9.17, 15) is 4.79 Å². The Kier molecular flexibility index (Phi) is 4.94. The van der Waals surface area contributed by atoms with Gasteiger partial charge in [0, 0.05) is 5.56 Å². The Hall–Kier alpha value is -2.80. The van der Waals surface area contributed by atoms with Gasteiger partial charge in [-0.3, -0.25) is 4.79 Å². The highest BCUT2D eigenvalue weighted by Crippen LogP contribution is 2.28. The molecule has 0 aliphatic rings. The summed E-state index contributed by atoms with van der Waals surface area (Å²) in [6.07, 6.45) is 0.767. The molecular formula is C17H15NO3. The number of ether oxygens (including phenoxy) is 2. The van der Waals surface area contributed by atoms with E-state index in [1.54, 1.807) is 30.3 Å². The van der Waals surface area contributed by atoms with Gasteiger partial charge in [0.05, 0.1) is 18.2 Å². The maximum Gasteiger partial charge on any atom is 0.161 e. The molecule has 21 heavy (non-hydrogen) atoms. The molecule has 0 aliphatic heterocycles. The quantitative estimate of drug-likeness (QED) is 0.762. The predicted octanol–water partition coefficient (Wildman–Crippen LogP) is 3.35. The van der Waals surface area contributed by atoms with Gasteiger partial charge in [0.1, 0.15) is 12.9 Å². The zero-order valence-electron chi connectivity index (χ0n) is 11.7. The summed E-state index contributed by atoms with van der Waals surface area (Å²) in [5.41, 5.74) is 2.03. The van der Waals surface area contributed by atoms with Crippen LogP contribution in [0.1, 0.15) is 28.4 Å². The molecule has 0 fully saturated rings. The Balaban J connectivity index is 2.15. The number of benzene rings is 2. The van der Waals surface area contributed by atoms with Gasteiger partial charge in [0.15, 0.2) is 11.5 Å². The number of hydrogen-bond acceptors (Lipinski definition) is 4. The average molecular weight is 281 g/mol. The van der Waals surface area contributed by atoms with Gasteiger partial charge in [-0.1, -0.05) is 12.1 Å². The van der Waals surface area contributed by atoms with Gasteiger partial charge < -0.3 is 9.47 Å². The van der Waals surface area contributed by atoms with Crippen LogP contribution in [-0.4, -0.2) is 12.9 Å². The number of nitriles is 1. The molecule has 0 heterocycles. The van der Waals surface area contributed by atoms with Crippen LogP contribution in [0, 0.1) is 11.3 Å². The largest absolute Gasteiger partial charge is 0.490 e. The molecule has 0 aliphatic carbocycles. The Bertz CT molecular complexity index is 674. The summed E-state index contributed by atoms with van der Waals surface area (Å²) >= 11 is 0. The Morgan fingerprint density at radius 2 is 2.00 bits per heavy atom.